The zero-order valence-electron chi connectivity index (χ0n) is 9.56. The molecule has 0 bridgehead atoms. The first-order valence-electron chi connectivity index (χ1n) is 5.17. The first-order chi connectivity index (χ1) is 8.87. The monoisotopic (exact) mass is 320 g/mol. The van der Waals surface area contributed by atoms with Gasteiger partial charge in [0.2, 0.25) is 10.0 Å². The molecule has 0 aliphatic rings. The van der Waals surface area contributed by atoms with E-state index in [1.54, 1.807) is 12.1 Å². The summed E-state index contributed by atoms with van der Waals surface area (Å²) >= 11 is 7.01. The quantitative estimate of drug-likeness (QED) is 0.851. The van der Waals surface area contributed by atoms with Crippen LogP contribution in [0.2, 0.25) is 4.34 Å². The summed E-state index contributed by atoms with van der Waals surface area (Å²) in [5, 5.41) is 0. The summed E-state index contributed by atoms with van der Waals surface area (Å²) in [6, 6.07) is 6.57. The van der Waals surface area contributed by atoms with E-state index >= 15 is 0 Å². The molecule has 0 aliphatic heterocycles. The fourth-order valence-electron chi connectivity index (χ4n) is 1.44. The van der Waals surface area contributed by atoms with Crippen LogP contribution in [0.3, 0.4) is 0 Å². The average Bonchev–Trinajstić information content (AvgIpc) is 2.71. The Kier molecular flexibility index (Phi) is 4.10. The molecule has 0 fully saturated rings. The molecule has 8 heteroatoms. The minimum atomic E-state index is -3.80. The summed E-state index contributed by atoms with van der Waals surface area (Å²) < 4.78 is 40.0. The maximum Gasteiger partial charge on any atom is 0.241 e. The van der Waals surface area contributed by atoms with Crippen LogP contribution in [-0.4, -0.2) is 8.42 Å². The summed E-state index contributed by atoms with van der Waals surface area (Å²) in [7, 11) is -3.80. The molecule has 0 amide bonds. The number of halogens is 2. The van der Waals surface area contributed by atoms with Crippen LogP contribution >= 0.6 is 22.9 Å². The Morgan fingerprint density at radius 2 is 2.05 bits per heavy atom. The van der Waals surface area contributed by atoms with Gasteiger partial charge in [-0.05, 0) is 30.3 Å². The zero-order valence-corrected chi connectivity index (χ0v) is 11.9. The van der Waals surface area contributed by atoms with E-state index < -0.39 is 15.8 Å². The zero-order chi connectivity index (χ0) is 14.0. The van der Waals surface area contributed by atoms with Crippen molar-refractivity contribution in [1.82, 2.24) is 4.72 Å². The van der Waals surface area contributed by atoms with E-state index in [0.29, 0.717) is 4.34 Å². The van der Waals surface area contributed by atoms with Gasteiger partial charge in [-0.15, -0.1) is 11.3 Å². The molecule has 1 heterocycles. The second kappa shape index (κ2) is 5.46. The molecule has 0 unspecified atom stereocenters. The number of rotatable bonds is 4. The molecule has 1 aromatic heterocycles. The highest BCUT2D eigenvalue weighted by Crippen LogP contribution is 2.22. The van der Waals surface area contributed by atoms with Crippen molar-refractivity contribution >= 4 is 38.6 Å². The molecule has 4 nitrogen and oxygen atoms in total. The standard InChI is InChI=1S/C11H10ClFN2O2S2/c12-11-2-1-9(18-11)6-15-19(16,17)10-4-7(13)3-8(14)5-10/h1-5,15H,6,14H2. The normalized spacial score (nSPS) is 11.7. The Morgan fingerprint density at radius 1 is 1.32 bits per heavy atom. The van der Waals surface area contributed by atoms with Gasteiger partial charge in [-0.3, -0.25) is 0 Å². The van der Waals surface area contributed by atoms with Crippen molar-refractivity contribution in [3.63, 3.8) is 0 Å². The second-order valence-electron chi connectivity index (χ2n) is 3.75. The first kappa shape index (κ1) is 14.3. The molecule has 19 heavy (non-hydrogen) atoms. The van der Waals surface area contributed by atoms with Crippen molar-refractivity contribution in [2.75, 3.05) is 5.73 Å². The van der Waals surface area contributed by atoms with Crippen molar-refractivity contribution in [1.29, 1.82) is 0 Å². The number of sulfonamides is 1. The lowest BCUT2D eigenvalue weighted by atomic mass is 10.3. The van der Waals surface area contributed by atoms with Gasteiger partial charge >= 0.3 is 0 Å². The molecule has 0 saturated heterocycles. The van der Waals surface area contributed by atoms with E-state index in [-0.39, 0.29) is 17.1 Å². The van der Waals surface area contributed by atoms with Crippen LogP contribution in [0, 0.1) is 5.82 Å². The van der Waals surface area contributed by atoms with Gasteiger partial charge < -0.3 is 5.73 Å². The third-order valence-electron chi connectivity index (χ3n) is 2.27. The van der Waals surface area contributed by atoms with Gasteiger partial charge in [-0.25, -0.2) is 17.5 Å². The van der Waals surface area contributed by atoms with E-state index in [0.717, 1.165) is 17.0 Å². The molecule has 0 spiro atoms. The van der Waals surface area contributed by atoms with Gasteiger partial charge in [0.15, 0.2) is 0 Å². The van der Waals surface area contributed by atoms with Crippen molar-refractivity contribution in [2.24, 2.45) is 0 Å². The van der Waals surface area contributed by atoms with Gasteiger partial charge in [0, 0.05) is 17.1 Å². The van der Waals surface area contributed by atoms with Crippen LogP contribution in [0.25, 0.3) is 0 Å². The SMILES string of the molecule is Nc1cc(F)cc(S(=O)(=O)NCc2ccc(Cl)s2)c1. The minimum absolute atomic E-state index is 0.0551. The van der Waals surface area contributed by atoms with Gasteiger partial charge in [-0.1, -0.05) is 11.6 Å². The summed E-state index contributed by atoms with van der Waals surface area (Å²) in [5.41, 5.74) is 5.47. The molecule has 0 atom stereocenters. The summed E-state index contributed by atoms with van der Waals surface area (Å²) in [6.45, 7) is 0.0934. The molecule has 3 N–H and O–H groups in total. The van der Waals surface area contributed by atoms with Gasteiger partial charge in [0.05, 0.1) is 9.23 Å². The summed E-state index contributed by atoms with van der Waals surface area (Å²) in [4.78, 5) is 0.561. The third-order valence-corrected chi connectivity index (χ3v) is 4.88. The number of anilines is 1. The Labute approximate surface area is 119 Å². The Balaban J connectivity index is 2.18. The Morgan fingerprint density at radius 3 is 2.63 bits per heavy atom. The molecule has 0 radical (unpaired) electrons. The van der Waals surface area contributed by atoms with Gasteiger partial charge in [-0.2, -0.15) is 0 Å². The highest BCUT2D eigenvalue weighted by atomic mass is 35.5. The van der Waals surface area contributed by atoms with Crippen molar-refractivity contribution in [3.05, 3.63) is 45.4 Å². The molecule has 2 aromatic rings. The second-order valence-corrected chi connectivity index (χ2v) is 7.32. The maximum atomic E-state index is 13.1. The van der Waals surface area contributed by atoms with Crippen molar-refractivity contribution in [3.8, 4) is 0 Å². The third kappa shape index (κ3) is 3.66. The number of nitrogens with one attached hydrogen (secondary N) is 1. The maximum absolute atomic E-state index is 13.1. The van der Waals surface area contributed by atoms with Crippen molar-refractivity contribution in [2.45, 2.75) is 11.4 Å². The van der Waals surface area contributed by atoms with Crippen LogP contribution in [0.5, 0.6) is 0 Å². The molecule has 0 saturated carbocycles. The highest BCUT2D eigenvalue weighted by Gasteiger charge is 2.15. The molecular formula is C11H10ClFN2O2S2. The highest BCUT2D eigenvalue weighted by molar-refractivity contribution is 7.89. The number of benzene rings is 1. The number of nitrogen functional groups attached to an aromatic ring is 1. The Bertz CT molecular complexity index is 680. The van der Waals surface area contributed by atoms with E-state index in [4.69, 9.17) is 17.3 Å². The lowest BCUT2D eigenvalue weighted by Gasteiger charge is -2.06. The van der Waals surface area contributed by atoms with Crippen molar-refractivity contribution < 1.29 is 12.8 Å². The van der Waals surface area contributed by atoms with Crippen LogP contribution in [0.15, 0.2) is 35.2 Å². The average molecular weight is 321 g/mol. The fourth-order valence-corrected chi connectivity index (χ4v) is 3.63. The molecule has 102 valence electrons. The lowest BCUT2D eigenvalue weighted by molar-refractivity contribution is 0.578. The van der Waals surface area contributed by atoms with E-state index in [2.05, 4.69) is 4.72 Å². The Hall–Kier alpha value is -1.15. The van der Waals surface area contributed by atoms with E-state index in [1.807, 2.05) is 0 Å². The number of hydrogen-bond donors (Lipinski definition) is 2. The van der Waals surface area contributed by atoms with Gasteiger partial charge in [0.1, 0.15) is 5.82 Å². The molecule has 0 aliphatic carbocycles. The number of nitrogens with two attached hydrogens (primary N) is 1. The molecular weight excluding hydrogens is 311 g/mol. The summed E-state index contributed by atoms with van der Waals surface area (Å²) in [5.74, 6) is -0.695. The van der Waals surface area contributed by atoms with E-state index in [1.165, 1.54) is 17.4 Å². The van der Waals surface area contributed by atoms with Crippen LogP contribution in [0.4, 0.5) is 10.1 Å². The first-order valence-corrected chi connectivity index (χ1v) is 7.84. The minimum Gasteiger partial charge on any atom is -0.399 e. The number of hydrogen-bond acceptors (Lipinski definition) is 4. The summed E-state index contributed by atoms with van der Waals surface area (Å²) in [6.07, 6.45) is 0. The van der Waals surface area contributed by atoms with Crippen LogP contribution in [-0.2, 0) is 16.6 Å². The molecule has 1 aromatic carbocycles. The van der Waals surface area contributed by atoms with Crippen LogP contribution in [0.1, 0.15) is 4.88 Å². The number of thiophene rings is 1. The predicted molar refractivity (Wildman–Crippen MR) is 74.2 cm³/mol. The lowest BCUT2D eigenvalue weighted by Crippen LogP contribution is -2.23. The van der Waals surface area contributed by atoms with Gasteiger partial charge in [0.25, 0.3) is 0 Å². The van der Waals surface area contributed by atoms with Crippen LogP contribution < -0.4 is 10.5 Å². The largest absolute Gasteiger partial charge is 0.399 e. The predicted octanol–water partition coefficient (Wildman–Crippen LogP) is 2.60. The smallest absolute Gasteiger partial charge is 0.241 e. The van der Waals surface area contributed by atoms with E-state index in [9.17, 15) is 12.8 Å². The molecule has 2 rings (SSSR count). The topological polar surface area (TPSA) is 72.2 Å². The fraction of sp³-hybridized carbons (Fsp3) is 0.0909.